The molecular formula is C22H25ClN2O2. The van der Waals surface area contributed by atoms with Crippen LogP contribution in [-0.4, -0.2) is 10.9 Å². The Labute approximate surface area is 164 Å². The highest BCUT2D eigenvalue weighted by molar-refractivity contribution is 6.29. The minimum Gasteiger partial charge on any atom is -0.467 e. The van der Waals surface area contributed by atoms with Crippen LogP contribution in [0.1, 0.15) is 57.3 Å². The lowest BCUT2D eigenvalue weighted by molar-refractivity contribution is -0.143. The summed E-state index contributed by atoms with van der Waals surface area (Å²) in [5.41, 5.74) is 0.582. The number of aromatic nitrogens is 1. The second-order valence-electron chi connectivity index (χ2n) is 8.90. The molecule has 1 atom stereocenters. The lowest BCUT2D eigenvalue weighted by Crippen LogP contribution is -2.55. The van der Waals surface area contributed by atoms with Gasteiger partial charge in [0.25, 0.3) is 0 Å². The summed E-state index contributed by atoms with van der Waals surface area (Å²) >= 11 is 6.00. The fourth-order valence-electron chi connectivity index (χ4n) is 6.31. The van der Waals surface area contributed by atoms with Crippen LogP contribution in [0.4, 0.5) is 5.69 Å². The van der Waals surface area contributed by atoms with Gasteiger partial charge >= 0.3 is 0 Å². The Kier molecular flexibility index (Phi) is 4.08. The summed E-state index contributed by atoms with van der Waals surface area (Å²) in [6, 6.07) is 7.29. The number of hydrogen-bond acceptors (Lipinski definition) is 3. The molecule has 0 N–H and O–H groups in total. The van der Waals surface area contributed by atoms with Crippen LogP contribution >= 0.6 is 11.6 Å². The van der Waals surface area contributed by atoms with Crippen LogP contribution in [0, 0.1) is 23.2 Å². The molecule has 0 radical (unpaired) electrons. The van der Waals surface area contributed by atoms with E-state index in [0.29, 0.717) is 5.15 Å². The Morgan fingerprint density at radius 3 is 2.37 bits per heavy atom. The van der Waals surface area contributed by atoms with Crippen molar-refractivity contribution in [1.29, 1.82) is 0 Å². The van der Waals surface area contributed by atoms with Crippen molar-refractivity contribution in [3.8, 4) is 0 Å². The van der Waals surface area contributed by atoms with Gasteiger partial charge in [-0.1, -0.05) is 11.6 Å². The van der Waals surface area contributed by atoms with E-state index in [0.717, 1.165) is 48.5 Å². The third-order valence-electron chi connectivity index (χ3n) is 7.04. The van der Waals surface area contributed by atoms with E-state index in [1.807, 2.05) is 30.0 Å². The molecule has 1 amide bonds. The van der Waals surface area contributed by atoms with Crippen LogP contribution in [0.3, 0.4) is 0 Å². The average molecular weight is 385 g/mol. The molecule has 2 heterocycles. The van der Waals surface area contributed by atoms with Crippen molar-refractivity contribution in [1.82, 2.24) is 4.98 Å². The summed E-state index contributed by atoms with van der Waals surface area (Å²) in [6.07, 6.45) is 10.5. The highest BCUT2D eigenvalue weighted by Gasteiger charge is 2.56. The molecule has 4 aliphatic rings. The van der Waals surface area contributed by atoms with E-state index >= 15 is 0 Å². The van der Waals surface area contributed by atoms with Crippen LogP contribution in [0.2, 0.25) is 5.15 Å². The quantitative estimate of drug-likeness (QED) is 0.641. The van der Waals surface area contributed by atoms with Gasteiger partial charge in [0.15, 0.2) is 0 Å². The highest BCUT2D eigenvalue weighted by Crippen LogP contribution is 2.61. The Morgan fingerprint density at radius 1 is 1.19 bits per heavy atom. The molecule has 142 valence electrons. The van der Waals surface area contributed by atoms with Gasteiger partial charge in [-0.2, -0.15) is 0 Å². The van der Waals surface area contributed by atoms with Gasteiger partial charge in [0.1, 0.15) is 10.9 Å². The zero-order valence-corrected chi connectivity index (χ0v) is 16.4. The second-order valence-corrected chi connectivity index (χ2v) is 9.29. The van der Waals surface area contributed by atoms with Gasteiger partial charge < -0.3 is 4.42 Å². The standard InChI is InChI=1S/C22H25ClN2O2/c1-14(19-3-2-6-27-19)25(18-4-5-20(23)24-13-18)21(26)22-10-15-7-16(11-22)9-17(8-15)12-22/h2-6,13-17H,7-12H2,1H3. The summed E-state index contributed by atoms with van der Waals surface area (Å²) in [4.78, 5) is 20.2. The third-order valence-corrected chi connectivity index (χ3v) is 7.27. The molecule has 1 unspecified atom stereocenters. The molecule has 6 rings (SSSR count). The molecule has 4 bridgehead atoms. The zero-order chi connectivity index (χ0) is 18.6. The van der Waals surface area contributed by atoms with Crippen LogP contribution in [-0.2, 0) is 4.79 Å². The molecule has 4 aliphatic carbocycles. The van der Waals surface area contributed by atoms with E-state index in [1.165, 1.54) is 19.3 Å². The molecule has 0 saturated heterocycles. The molecular weight excluding hydrogens is 360 g/mol. The van der Waals surface area contributed by atoms with E-state index in [2.05, 4.69) is 4.98 Å². The molecule has 4 nitrogen and oxygen atoms in total. The van der Waals surface area contributed by atoms with E-state index < -0.39 is 0 Å². The Hall–Kier alpha value is -1.81. The number of hydrogen-bond donors (Lipinski definition) is 0. The molecule has 0 aromatic carbocycles. The van der Waals surface area contributed by atoms with Crippen molar-refractivity contribution in [3.05, 3.63) is 47.6 Å². The molecule has 2 aromatic rings. The normalized spacial score (nSPS) is 32.4. The summed E-state index contributed by atoms with van der Waals surface area (Å²) in [6.45, 7) is 2.03. The first-order valence-corrected chi connectivity index (χ1v) is 10.4. The third kappa shape index (κ3) is 2.89. The number of anilines is 1. The van der Waals surface area contributed by atoms with Crippen LogP contribution < -0.4 is 4.90 Å². The molecule has 0 spiro atoms. The van der Waals surface area contributed by atoms with Gasteiger partial charge in [0.05, 0.1) is 29.6 Å². The van der Waals surface area contributed by atoms with Crippen molar-refractivity contribution >= 4 is 23.2 Å². The fourth-order valence-corrected chi connectivity index (χ4v) is 6.42. The maximum atomic E-state index is 14.0. The van der Waals surface area contributed by atoms with Gasteiger partial charge in [-0.05, 0) is 87.5 Å². The predicted molar refractivity (Wildman–Crippen MR) is 104 cm³/mol. The number of halogens is 1. The molecule has 4 fully saturated rings. The predicted octanol–water partition coefficient (Wildman–Crippen LogP) is 5.64. The number of carbonyl (C=O) groups excluding carboxylic acids is 1. The minimum absolute atomic E-state index is 0.177. The van der Waals surface area contributed by atoms with E-state index in [1.54, 1.807) is 18.5 Å². The summed E-state index contributed by atoms with van der Waals surface area (Å²) < 4.78 is 5.65. The van der Waals surface area contributed by atoms with Gasteiger partial charge in [0, 0.05) is 0 Å². The largest absolute Gasteiger partial charge is 0.467 e. The van der Waals surface area contributed by atoms with Crippen LogP contribution in [0.25, 0.3) is 0 Å². The topological polar surface area (TPSA) is 46.3 Å². The van der Waals surface area contributed by atoms with Crippen molar-refractivity contribution in [2.45, 2.75) is 51.5 Å². The van der Waals surface area contributed by atoms with E-state index in [9.17, 15) is 4.79 Å². The van der Waals surface area contributed by atoms with Gasteiger partial charge in [-0.15, -0.1) is 0 Å². The maximum absolute atomic E-state index is 14.0. The minimum atomic E-state index is -0.213. The van der Waals surface area contributed by atoms with Gasteiger partial charge in [-0.25, -0.2) is 4.98 Å². The Morgan fingerprint density at radius 2 is 1.85 bits per heavy atom. The fraction of sp³-hybridized carbons (Fsp3) is 0.545. The average Bonchev–Trinajstić information content (AvgIpc) is 3.17. The summed E-state index contributed by atoms with van der Waals surface area (Å²) in [5, 5.41) is 0.437. The van der Waals surface area contributed by atoms with Crippen molar-refractivity contribution in [2.75, 3.05) is 4.90 Å². The Bertz CT molecular complexity index is 795. The number of furan rings is 1. The second kappa shape index (κ2) is 6.37. The molecule has 5 heteroatoms. The SMILES string of the molecule is CC(c1ccco1)N(C(=O)C12CC3CC(CC(C3)C1)C2)c1ccc(Cl)nc1. The van der Waals surface area contributed by atoms with E-state index in [-0.39, 0.29) is 17.4 Å². The number of carbonyl (C=O) groups is 1. The summed E-state index contributed by atoms with van der Waals surface area (Å²) in [5.74, 6) is 3.22. The van der Waals surface area contributed by atoms with Crippen LogP contribution in [0.5, 0.6) is 0 Å². The molecule has 27 heavy (non-hydrogen) atoms. The number of nitrogens with zero attached hydrogens (tertiary/aromatic N) is 2. The van der Waals surface area contributed by atoms with Crippen LogP contribution in [0.15, 0.2) is 41.1 Å². The Balaban J connectivity index is 1.54. The van der Waals surface area contributed by atoms with E-state index in [4.69, 9.17) is 16.0 Å². The zero-order valence-electron chi connectivity index (χ0n) is 15.6. The number of rotatable bonds is 4. The van der Waals surface area contributed by atoms with Crippen molar-refractivity contribution < 1.29 is 9.21 Å². The number of amides is 1. The molecule has 2 aromatic heterocycles. The molecule has 0 aliphatic heterocycles. The lowest BCUT2D eigenvalue weighted by atomic mass is 9.49. The van der Waals surface area contributed by atoms with Crippen molar-refractivity contribution in [2.24, 2.45) is 23.2 Å². The van der Waals surface area contributed by atoms with Gasteiger partial charge in [-0.3, -0.25) is 9.69 Å². The summed E-state index contributed by atoms with van der Waals surface area (Å²) in [7, 11) is 0. The first-order valence-electron chi connectivity index (χ1n) is 10.0. The van der Waals surface area contributed by atoms with Gasteiger partial charge in [0.2, 0.25) is 5.91 Å². The monoisotopic (exact) mass is 384 g/mol. The highest BCUT2D eigenvalue weighted by atomic mass is 35.5. The smallest absolute Gasteiger partial charge is 0.233 e. The first kappa shape index (κ1) is 17.3. The van der Waals surface area contributed by atoms with Crippen molar-refractivity contribution in [3.63, 3.8) is 0 Å². The first-order chi connectivity index (χ1) is 13.0. The molecule has 4 saturated carbocycles. The maximum Gasteiger partial charge on any atom is 0.233 e. The lowest BCUT2D eigenvalue weighted by Gasteiger charge is -2.56. The number of pyridine rings is 1.